The van der Waals surface area contributed by atoms with E-state index in [0.29, 0.717) is 12.5 Å². The molecule has 0 spiro atoms. The van der Waals surface area contributed by atoms with Gasteiger partial charge in [0.15, 0.2) is 5.96 Å². The second-order valence-corrected chi connectivity index (χ2v) is 4.84. The van der Waals surface area contributed by atoms with Crippen molar-refractivity contribution in [1.29, 1.82) is 0 Å². The second-order valence-electron chi connectivity index (χ2n) is 4.84. The Balaban J connectivity index is 2.40. The predicted molar refractivity (Wildman–Crippen MR) is 66.3 cm³/mol. The summed E-state index contributed by atoms with van der Waals surface area (Å²) in [4.78, 5) is 4.27. The molecule has 1 aromatic rings. The Morgan fingerprint density at radius 2 is 2.25 bits per heavy atom. The van der Waals surface area contributed by atoms with Gasteiger partial charge < -0.3 is 11.1 Å². The molecule has 0 radical (unpaired) electrons. The number of guanidine groups is 1. The Morgan fingerprint density at radius 1 is 1.56 bits per heavy atom. The van der Waals surface area contributed by atoms with Crippen LogP contribution in [-0.2, 0) is 13.5 Å². The van der Waals surface area contributed by atoms with Gasteiger partial charge in [-0.25, -0.2) is 0 Å². The van der Waals surface area contributed by atoms with Crippen molar-refractivity contribution in [1.82, 2.24) is 15.1 Å². The minimum Gasteiger partial charge on any atom is -0.370 e. The minimum absolute atomic E-state index is 0.0416. The average Bonchev–Trinajstić information content (AvgIpc) is 2.48. The van der Waals surface area contributed by atoms with Gasteiger partial charge in [0.2, 0.25) is 0 Å². The lowest BCUT2D eigenvalue weighted by Crippen LogP contribution is -2.45. The van der Waals surface area contributed by atoms with Crippen molar-refractivity contribution in [3.8, 4) is 0 Å². The lowest BCUT2D eigenvalue weighted by Gasteiger charge is -2.20. The number of rotatable bonds is 3. The van der Waals surface area contributed by atoms with E-state index >= 15 is 0 Å². The first-order chi connectivity index (χ1) is 7.38. The van der Waals surface area contributed by atoms with Crippen LogP contribution < -0.4 is 11.1 Å². The first kappa shape index (κ1) is 12.5. The van der Waals surface area contributed by atoms with E-state index in [9.17, 15) is 0 Å². The van der Waals surface area contributed by atoms with Crippen LogP contribution in [0.15, 0.2) is 17.3 Å². The van der Waals surface area contributed by atoms with Crippen molar-refractivity contribution in [3.63, 3.8) is 0 Å². The third-order valence-corrected chi connectivity index (χ3v) is 2.08. The fourth-order valence-corrected chi connectivity index (χ4v) is 1.36. The Labute approximate surface area is 96.7 Å². The molecule has 0 amide bonds. The van der Waals surface area contributed by atoms with Gasteiger partial charge in [0, 0.05) is 37.4 Å². The smallest absolute Gasteiger partial charge is 0.188 e. The molecule has 0 atom stereocenters. The number of aromatic nitrogens is 2. The molecule has 0 bridgehead atoms. The summed E-state index contributed by atoms with van der Waals surface area (Å²) in [6.45, 7) is 6.83. The highest BCUT2D eigenvalue weighted by Crippen LogP contribution is 1.99. The van der Waals surface area contributed by atoms with Crippen LogP contribution in [0.5, 0.6) is 0 Å². The summed E-state index contributed by atoms with van der Waals surface area (Å²) < 4.78 is 1.85. The van der Waals surface area contributed by atoms with E-state index in [2.05, 4.69) is 36.2 Å². The maximum absolute atomic E-state index is 5.75. The van der Waals surface area contributed by atoms with E-state index in [1.807, 2.05) is 17.8 Å². The van der Waals surface area contributed by atoms with Crippen LogP contribution in [0.2, 0.25) is 0 Å². The Kier molecular flexibility index (Phi) is 3.93. The van der Waals surface area contributed by atoms with Crippen LogP contribution >= 0.6 is 0 Å². The van der Waals surface area contributed by atoms with Crippen LogP contribution in [0.3, 0.4) is 0 Å². The van der Waals surface area contributed by atoms with Crippen LogP contribution in [0.1, 0.15) is 26.5 Å². The van der Waals surface area contributed by atoms with E-state index in [1.165, 1.54) is 0 Å². The highest BCUT2D eigenvalue weighted by Gasteiger charge is 2.09. The molecule has 0 fully saturated rings. The molecule has 0 aliphatic carbocycles. The number of aliphatic imine (C=N–C) groups is 1. The third-order valence-electron chi connectivity index (χ3n) is 2.08. The molecule has 0 aromatic carbocycles. The van der Waals surface area contributed by atoms with Gasteiger partial charge in [-0.15, -0.1) is 0 Å². The molecule has 5 heteroatoms. The maximum atomic E-state index is 5.75. The average molecular weight is 223 g/mol. The molecule has 0 unspecified atom stereocenters. The quantitative estimate of drug-likeness (QED) is 0.584. The molecule has 0 aliphatic heterocycles. The van der Waals surface area contributed by atoms with Gasteiger partial charge in [0.25, 0.3) is 0 Å². The molecule has 0 aliphatic rings. The van der Waals surface area contributed by atoms with Crippen LogP contribution in [0.25, 0.3) is 0 Å². The summed E-state index contributed by atoms with van der Waals surface area (Å²) >= 11 is 0. The van der Waals surface area contributed by atoms with Crippen LogP contribution in [0, 0.1) is 0 Å². The Morgan fingerprint density at radius 3 is 2.75 bits per heavy atom. The van der Waals surface area contributed by atoms with E-state index in [4.69, 9.17) is 5.73 Å². The predicted octanol–water partition coefficient (Wildman–Crippen LogP) is 0.665. The van der Waals surface area contributed by atoms with Gasteiger partial charge in [-0.1, -0.05) is 0 Å². The molecule has 90 valence electrons. The number of nitrogens with two attached hydrogens (primary N) is 1. The molecular weight excluding hydrogens is 202 g/mol. The maximum Gasteiger partial charge on any atom is 0.188 e. The second kappa shape index (κ2) is 5.01. The molecule has 16 heavy (non-hydrogen) atoms. The van der Waals surface area contributed by atoms with Crippen molar-refractivity contribution in [2.45, 2.75) is 32.7 Å². The lowest BCUT2D eigenvalue weighted by molar-refractivity contribution is 0.508. The summed E-state index contributed by atoms with van der Waals surface area (Å²) in [6.07, 6.45) is 2.64. The summed E-state index contributed by atoms with van der Waals surface area (Å²) in [6, 6.07) is 1.99. The normalized spacial score (nSPS) is 12.9. The zero-order valence-electron chi connectivity index (χ0n) is 10.5. The number of nitrogens with one attached hydrogen (secondary N) is 1. The SMILES string of the molecule is Cn1nccc1CCN=C(N)NC(C)(C)C. The molecule has 0 saturated heterocycles. The lowest BCUT2D eigenvalue weighted by atomic mass is 10.1. The van der Waals surface area contributed by atoms with Crippen LogP contribution in [0.4, 0.5) is 0 Å². The van der Waals surface area contributed by atoms with Gasteiger partial charge in [0.05, 0.1) is 0 Å². The van der Waals surface area contributed by atoms with Gasteiger partial charge in [0.1, 0.15) is 0 Å². The van der Waals surface area contributed by atoms with Gasteiger partial charge in [-0.05, 0) is 26.8 Å². The zero-order chi connectivity index (χ0) is 12.2. The first-order valence-electron chi connectivity index (χ1n) is 5.43. The number of aryl methyl sites for hydroxylation is 1. The summed E-state index contributed by atoms with van der Waals surface area (Å²) in [5.74, 6) is 0.495. The summed E-state index contributed by atoms with van der Waals surface area (Å²) in [5, 5.41) is 7.21. The van der Waals surface area contributed by atoms with Crippen molar-refractivity contribution in [3.05, 3.63) is 18.0 Å². The number of hydrogen-bond acceptors (Lipinski definition) is 2. The molecule has 3 N–H and O–H groups in total. The third kappa shape index (κ3) is 4.33. The Bertz CT molecular complexity index is 359. The standard InChI is InChI=1S/C11H21N5/c1-11(2,3)15-10(12)13-7-5-9-6-8-14-16(9)4/h6,8H,5,7H2,1-4H3,(H3,12,13,15). The minimum atomic E-state index is -0.0416. The fourth-order valence-electron chi connectivity index (χ4n) is 1.36. The summed E-state index contributed by atoms with van der Waals surface area (Å²) in [5.41, 5.74) is 6.87. The van der Waals surface area contributed by atoms with E-state index in [1.54, 1.807) is 6.20 Å². The van der Waals surface area contributed by atoms with Gasteiger partial charge in [-0.2, -0.15) is 5.10 Å². The number of hydrogen-bond donors (Lipinski definition) is 2. The highest BCUT2D eigenvalue weighted by molar-refractivity contribution is 5.78. The molecular formula is C11H21N5. The molecule has 1 rings (SSSR count). The monoisotopic (exact) mass is 223 g/mol. The zero-order valence-corrected chi connectivity index (χ0v) is 10.5. The summed E-state index contributed by atoms with van der Waals surface area (Å²) in [7, 11) is 1.93. The van der Waals surface area contributed by atoms with Crippen molar-refractivity contribution in [2.75, 3.05) is 6.54 Å². The largest absolute Gasteiger partial charge is 0.370 e. The number of nitrogens with zero attached hydrogens (tertiary/aromatic N) is 3. The highest BCUT2D eigenvalue weighted by atomic mass is 15.3. The topological polar surface area (TPSA) is 68.2 Å². The Hall–Kier alpha value is -1.52. The first-order valence-corrected chi connectivity index (χ1v) is 5.43. The molecule has 0 saturated carbocycles. The van der Waals surface area contributed by atoms with Gasteiger partial charge in [-0.3, -0.25) is 9.67 Å². The van der Waals surface area contributed by atoms with E-state index in [-0.39, 0.29) is 5.54 Å². The van der Waals surface area contributed by atoms with Gasteiger partial charge >= 0.3 is 0 Å². The van der Waals surface area contributed by atoms with Crippen molar-refractivity contribution >= 4 is 5.96 Å². The van der Waals surface area contributed by atoms with E-state index in [0.717, 1.165) is 12.1 Å². The van der Waals surface area contributed by atoms with E-state index < -0.39 is 0 Å². The van der Waals surface area contributed by atoms with Crippen molar-refractivity contribution < 1.29 is 0 Å². The molecule has 5 nitrogen and oxygen atoms in total. The van der Waals surface area contributed by atoms with Crippen LogP contribution in [-0.4, -0.2) is 27.8 Å². The molecule has 1 heterocycles. The fraction of sp³-hybridized carbons (Fsp3) is 0.636. The van der Waals surface area contributed by atoms with Crippen molar-refractivity contribution in [2.24, 2.45) is 17.8 Å². The molecule has 1 aromatic heterocycles.